The molecule has 1 saturated carbocycles. The topological polar surface area (TPSA) is 66.6 Å². The van der Waals surface area contributed by atoms with Gasteiger partial charge in [-0.15, -0.1) is 0 Å². The molecule has 1 aliphatic heterocycles. The number of carbonyl (C=O) groups excluding carboxylic acids is 1. The minimum atomic E-state index is -0.701. The molecule has 30 heavy (non-hydrogen) atoms. The van der Waals surface area contributed by atoms with Gasteiger partial charge in [0.25, 0.3) is 0 Å². The Morgan fingerprint density at radius 1 is 1.10 bits per heavy atom. The molecule has 4 heteroatoms. The van der Waals surface area contributed by atoms with E-state index in [2.05, 4.69) is 35.2 Å². The molecule has 4 nitrogen and oxygen atoms in total. The minimum absolute atomic E-state index is 0.0979. The van der Waals surface area contributed by atoms with Crippen molar-refractivity contribution in [3.63, 3.8) is 0 Å². The Hall–Kier alpha value is -2.17. The largest absolute Gasteiger partial charge is 0.388 e. The van der Waals surface area contributed by atoms with Crippen LogP contribution in [0.2, 0.25) is 0 Å². The average Bonchev–Trinajstić information content (AvgIpc) is 2.76. The van der Waals surface area contributed by atoms with E-state index in [0.29, 0.717) is 12.1 Å². The first-order valence-electron chi connectivity index (χ1n) is 11.4. The highest BCUT2D eigenvalue weighted by Crippen LogP contribution is 2.50. The third-order valence-corrected chi connectivity index (χ3v) is 7.91. The normalized spacial score (nSPS) is 31.2. The van der Waals surface area contributed by atoms with E-state index in [4.69, 9.17) is 5.73 Å². The third kappa shape index (κ3) is 3.46. The Morgan fingerprint density at radius 3 is 2.77 bits per heavy atom. The predicted molar refractivity (Wildman–Crippen MR) is 118 cm³/mol. The number of β-amino-alcohol motifs (C(OH)–C–C–N with tert-alkyl or cyclic N) is 1. The Kier molecular flexibility index (Phi) is 4.95. The molecule has 0 aromatic heterocycles. The molecule has 0 radical (unpaired) electrons. The Labute approximate surface area is 179 Å². The van der Waals surface area contributed by atoms with Gasteiger partial charge in [0.1, 0.15) is 0 Å². The number of rotatable bonds is 4. The number of likely N-dealkylation sites (tertiary alicyclic amines) is 1. The van der Waals surface area contributed by atoms with Crippen molar-refractivity contribution >= 4 is 5.91 Å². The van der Waals surface area contributed by atoms with Crippen molar-refractivity contribution in [1.82, 2.24) is 4.90 Å². The first kappa shape index (κ1) is 19.8. The molecular weight excluding hydrogens is 372 g/mol. The molecule has 158 valence electrons. The number of amides is 1. The zero-order valence-corrected chi connectivity index (χ0v) is 17.6. The maximum atomic E-state index is 11.8. The summed E-state index contributed by atoms with van der Waals surface area (Å²) in [4.78, 5) is 14.4. The number of benzene rings is 2. The molecule has 3 unspecified atom stereocenters. The van der Waals surface area contributed by atoms with Crippen LogP contribution in [0.4, 0.5) is 0 Å². The lowest BCUT2D eigenvalue weighted by molar-refractivity contribution is -0.0831. The Balaban J connectivity index is 1.47. The number of carbonyl (C=O) groups is 1. The van der Waals surface area contributed by atoms with Gasteiger partial charge >= 0.3 is 0 Å². The predicted octanol–water partition coefficient (Wildman–Crippen LogP) is 3.80. The Morgan fingerprint density at radius 2 is 1.93 bits per heavy atom. The van der Waals surface area contributed by atoms with Gasteiger partial charge in [0.2, 0.25) is 5.91 Å². The van der Waals surface area contributed by atoms with E-state index in [1.165, 1.54) is 36.0 Å². The van der Waals surface area contributed by atoms with Crippen LogP contribution >= 0.6 is 0 Å². The summed E-state index contributed by atoms with van der Waals surface area (Å²) < 4.78 is 0. The second-order valence-corrected chi connectivity index (χ2v) is 9.82. The molecule has 2 aliphatic carbocycles. The molecule has 2 bridgehead atoms. The van der Waals surface area contributed by atoms with Crippen LogP contribution in [0.3, 0.4) is 0 Å². The number of primary amides is 1. The van der Waals surface area contributed by atoms with Crippen molar-refractivity contribution < 1.29 is 9.90 Å². The van der Waals surface area contributed by atoms with Gasteiger partial charge in [0.15, 0.2) is 0 Å². The van der Waals surface area contributed by atoms with E-state index < -0.39 is 5.60 Å². The zero-order valence-electron chi connectivity index (χ0n) is 17.6. The smallest absolute Gasteiger partial charge is 0.248 e. The number of nitrogens with zero attached hydrogens (tertiary/aromatic N) is 1. The van der Waals surface area contributed by atoms with Gasteiger partial charge in [-0.1, -0.05) is 49.2 Å². The van der Waals surface area contributed by atoms with E-state index in [9.17, 15) is 9.90 Å². The van der Waals surface area contributed by atoms with Crippen LogP contribution in [-0.4, -0.2) is 34.6 Å². The SMILES string of the molecule is NC(=O)c1cccc(C23CCCC(CCN2CC2(O)CCc4ccccc4C2)C3)c1. The van der Waals surface area contributed by atoms with Gasteiger partial charge < -0.3 is 10.8 Å². The first-order valence-corrected chi connectivity index (χ1v) is 11.4. The molecule has 2 aromatic carbocycles. The molecule has 0 spiro atoms. The van der Waals surface area contributed by atoms with Crippen molar-refractivity contribution in [2.45, 2.75) is 62.5 Å². The van der Waals surface area contributed by atoms with E-state index in [1.807, 2.05) is 18.2 Å². The van der Waals surface area contributed by atoms with E-state index in [-0.39, 0.29) is 11.4 Å². The van der Waals surface area contributed by atoms with Crippen LogP contribution in [0.5, 0.6) is 0 Å². The molecule has 1 saturated heterocycles. The highest BCUT2D eigenvalue weighted by Gasteiger charge is 2.48. The van der Waals surface area contributed by atoms with Crippen LogP contribution in [0.1, 0.15) is 65.6 Å². The molecule has 1 heterocycles. The molecule has 1 amide bonds. The van der Waals surface area contributed by atoms with E-state index >= 15 is 0 Å². The number of fused-ring (bicyclic) bond motifs is 3. The second-order valence-electron chi connectivity index (χ2n) is 9.82. The first-order chi connectivity index (χ1) is 14.5. The standard InChI is InChI=1S/C26H32N2O2/c27-24(29)21-8-3-9-23(15-21)26-12-4-5-19(16-26)11-14-28(26)18-25(30)13-10-20-6-1-2-7-22(20)17-25/h1-3,6-9,15,19,30H,4-5,10-14,16-18H2,(H2,27,29). The minimum Gasteiger partial charge on any atom is -0.388 e. The van der Waals surface area contributed by atoms with Gasteiger partial charge in [-0.25, -0.2) is 0 Å². The lowest BCUT2D eigenvalue weighted by Crippen LogP contribution is -2.59. The fraction of sp³-hybridized carbons (Fsp3) is 0.500. The summed E-state index contributed by atoms with van der Waals surface area (Å²) in [6, 6.07) is 16.5. The van der Waals surface area contributed by atoms with Gasteiger partial charge in [0.05, 0.1) is 5.60 Å². The van der Waals surface area contributed by atoms with Gasteiger partial charge in [-0.2, -0.15) is 0 Å². The summed E-state index contributed by atoms with van der Waals surface area (Å²) in [7, 11) is 0. The average molecular weight is 405 g/mol. The van der Waals surface area contributed by atoms with Crippen LogP contribution in [0, 0.1) is 5.92 Å². The molecular formula is C26H32N2O2. The second kappa shape index (κ2) is 7.51. The summed E-state index contributed by atoms with van der Waals surface area (Å²) in [5.74, 6) is 0.361. The monoisotopic (exact) mass is 404 g/mol. The molecule has 2 fully saturated rings. The van der Waals surface area contributed by atoms with Gasteiger partial charge in [-0.3, -0.25) is 9.69 Å². The summed E-state index contributed by atoms with van der Waals surface area (Å²) >= 11 is 0. The van der Waals surface area contributed by atoms with Crippen LogP contribution < -0.4 is 5.73 Å². The summed E-state index contributed by atoms with van der Waals surface area (Å²) in [6.07, 6.45) is 8.35. The fourth-order valence-corrected chi connectivity index (χ4v) is 6.36. The lowest BCUT2D eigenvalue weighted by Gasteiger charge is -2.55. The maximum Gasteiger partial charge on any atom is 0.248 e. The van der Waals surface area contributed by atoms with Crippen LogP contribution in [-0.2, 0) is 18.4 Å². The van der Waals surface area contributed by atoms with E-state index in [0.717, 1.165) is 44.6 Å². The summed E-state index contributed by atoms with van der Waals surface area (Å²) in [5.41, 5.74) is 9.24. The molecule has 3 atom stereocenters. The number of piperidine rings is 1. The number of hydrogen-bond donors (Lipinski definition) is 2. The molecule has 3 aliphatic rings. The number of hydrogen-bond acceptors (Lipinski definition) is 3. The summed E-state index contributed by atoms with van der Waals surface area (Å²) in [6.45, 7) is 1.70. The lowest BCUT2D eigenvalue weighted by atomic mass is 9.66. The summed E-state index contributed by atoms with van der Waals surface area (Å²) in [5, 5.41) is 11.7. The van der Waals surface area contributed by atoms with Gasteiger partial charge in [-0.05, 0) is 73.4 Å². The highest BCUT2D eigenvalue weighted by molar-refractivity contribution is 5.92. The third-order valence-electron chi connectivity index (χ3n) is 7.91. The molecule has 2 aromatic rings. The number of aryl methyl sites for hydroxylation is 1. The van der Waals surface area contributed by atoms with Crippen molar-refractivity contribution in [1.29, 1.82) is 0 Å². The quantitative estimate of drug-likeness (QED) is 0.815. The van der Waals surface area contributed by atoms with Crippen molar-refractivity contribution in [3.8, 4) is 0 Å². The van der Waals surface area contributed by atoms with Crippen molar-refractivity contribution in [3.05, 3.63) is 70.8 Å². The zero-order chi connectivity index (χ0) is 20.8. The van der Waals surface area contributed by atoms with Crippen molar-refractivity contribution in [2.75, 3.05) is 13.1 Å². The fourth-order valence-electron chi connectivity index (χ4n) is 6.36. The van der Waals surface area contributed by atoms with Gasteiger partial charge in [0, 0.05) is 24.1 Å². The van der Waals surface area contributed by atoms with Crippen LogP contribution in [0.15, 0.2) is 48.5 Å². The molecule has 5 rings (SSSR count). The number of nitrogens with two attached hydrogens (primary N) is 1. The van der Waals surface area contributed by atoms with Crippen molar-refractivity contribution in [2.24, 2.45) is 11.7 Å². The highest BCUT2D eigenvalue weighted by atomic mass is 16.3. The Bertz CT molecular complexity index is 958. The molecule has 3 N–H and O–H groups in total. The van der Waals surface area contributed by atoms with E-state index in [1.54, 1.807) is 0 Å². The maximum absolute atomic E-state index is 11.8. The number of aliphatic hydroxyl groups is 1. The van der Waals surface area contributed by atoms with Crippen LogP contribution in [0.25, 0.3) is 0 Å².